The van der Waals surface area contributed by atoms with Gasteiger partial charge in [-0.05, 0) is 31.4 Å². The van der Waals surface area contributed by atoms with Gasteiger partial charge in [0.15, 0.2) is 0 Å². The van der Waals surface area contributed by atoms with Crippen LogP contribution >= 0.6 is 0 Å². The Morgan fingerprint density at radius 3 is 2.44 bits per heavy atom. The largest absolute Gasteiger partial charge is 0.496 e. The summed E-state index contributed by atoms with van der Waals surface area (Å²) in [5, 5.41) is 10.6. The number of hydrogen-bond acceptors (Lipinski definition) is 2. The normalized spacial score (nSPS) is 14.6. The average Bonchev–Trinajstić information content (AvgIpc) is 2.35. The fraction of sp³-hybridized carbons (Fsp3) is 0.600. The lowest BCUT2D eigenvalue weighted by molar-refractivity contribution is 0.0229. The van der Waals surface area contributed by atoms with Crippen molar-refractivity contribution in [1.82, 2.24) is 0 Å². The Balaban J connectivity index is 3.10. The number of ether oxygens (including phenoxy) is 1. The van der Waals surface area contributed by atoms with Gasteiger partial charge in [-0.15, -0.1) is 0 Å². The van der Waals surface area contributed by atoms with Crippen molar-refractivity contribution in [2.75, 3.05) is 7.11 Å². The van der Waals surface area contributed by atoms with Crippen molar-refractivity contribution in [1.29, 1.82) is 0 Å². The van der Waals surface area contributed by atoms with E-state index in [4.69, 9.17) is 4.74 Å². The van der Waals surface area contributed by atoms with E-state index in [2.05, 4.69) is 13.8 Å². The van der Waals surface area contributed by atoms with Gasteiger partial charge in [-0.3, -0.25) is 0 Å². The van der Waals surface area contributed by atoms with Gasteiger partial charge in [-0.2, -0.15) is 0 Å². The number of aliphatic hydroxyl groups is 1. The monoisotopic (exact) mass is 254 g/mol. The molecule has 0 bridgehead atoms. The molecular formula is C15H23FO2. The van der Waals surface area contributed by atoms with Crippen molar-refractivity contribution in [3.63, 3.8) is 0 Å². The van der Waals surface area contributed by atoms with Crippen LogP contribution in [0.4, 0.5) is 4.39 Å². The first-order valence-corrected chi connectivity index (χ1v) is 6.51. The summed E-state index contributed by atoms with van der Waals surface area (Å²) in [5.74, 6) is 0.376. The Morgan fingerprint density at radius 2 is 1.94 bits per heavy atom. The van der Waals surface area contributed by atoms with Crippen LogP contribution in [0.2, 0.25) is 0 Å². The van der Waals surface area contributed by atoms with E-state index in [0.717, 1.165) is 12.8 Å². The van der Waals surface area contributed by atoms with Gasteiger partial charge in [-0.1, -0.05) is 32.8 Å². The average molecular weight is 254 g/mol. The fourth-order valence-electron chi connectivity index (χ4n) is 2.44. The molecule has 0 aromatic heterocycles. The van der Waals surface area contributed by atoms with Crippen LogP contribution in [-0.2, 0) is 5.60 Å². The predicted molar refractivity (Wildman–Crippen MR) is 71.2 cm³/mol. The van der Waals surface area contributed by atoms with E-state index >= 15 is 0 Å². The van der Waals surface area contributed by atoms with E-state index in [1.165, 1.54) is 13.2 Å². The smallest absolute Gasteiger partial charge is 0.133 e. The number of rotatable bonds is 6. The highest BCUT2D eigenvalue weighted by Crippen LogP contribution is 2.37. The predicted octanol–water partition coefficient (Wildman–Crippen LogP) is 3.87. The van der Waals surface area contributed by atoms with Gasteiger partial charge < -0.3 is 9.84 Å². The Morgan fingerprint density at radius 1 is 1.33 bits per heavy atom. The molecule has 1 aromatic rings. The lowest BCUT2D eigenvalue weighted by Crippen LogP contribution is -2.27. The first kappa shape index (κ1) is 15.0. The van der Waals surface area contributed by atoms with E-state index in [9.17, 15) is 9.50 Å². The molecule has 0 heterocycles. The standard InChI is InChI=1S/C15H23FO2/c1-5-11(6-2)10-15(3,17)14-12(16)8-7-9-13(14)18-4/h7-9,11,17H,5-6,10H2,1-4H3. The highest BCUT2D eigenvalue weighted by Gasteiger charge is 2.32. The molecule has 1 aromatic carbocycles. The summed E-state index contributed by atoms with van der Waals surface area (Å²) in [6.07, 6.45) is 2.49. The highest BCUT2D eigenvalue weighted by atomic mass is 19.1. The molecule has 2 nitrogen and oxygen atoms in total. The molecular weight excluding hydrogens is 231 g/mol. The summed E-state index contributed by atoms with van der Waals surface area (Å²) >= 11 is 0. The van der Waals surface area contributed by atoms with Crippen LogP contribution in [0.5, 0.6) is 5.75 Å². The summed E-state index contributed by atoms with van der Waals surface area (Å²) in [6.45, 7) is 5.83. The molecule has 0 saturated heterocycles. The van der Waals surface area contributed by atoms with Crippen LogP contribution in [0.1, 0.15) is 45.6 Å². The molecule has 18 heavy (non-hydrogen) atoms. The fourth-order valence-corrected chi connectivity index (χ4v) is 2.44. The third-order valence-electron chi connectivity index (χ3n) is 3.57. The zero-order valence-corrected chi connectivity index (χ0v) is 11.7. The summed E-state index contributed by atoms with van der Waals surface area (Å²) in [4.78, 5) is 0. The molecule has 1 N–H and O–H groups in total. The molecule has 0 fully saturated rings. The van der Waals surface area contributed by atoms with Gasteiger partial charge in [-0.25, -0.2) is 4.39 Å². The molecule has 1 unspecified atom stereocenters. The van der Waals surface area contributed by atoms with Gasteiger partial charge in [0.05, 0.1) is 18.3 Å². The number of hydrogen-bond donors (Lipinski definition) is 1. The van der Waals surface area contributed by atoms with Gasteiger partial charge in [0.25, 0.3) is 0 Å². The molecule has 0 aliphatic carbocycles. The second kappa shape index (κ2) is 6.19. The molecule has 0 radical (unpaired) electrons. The number of halogens is 1. The van der Waals surface area contributed by atoms with Crippen molar-refractivity contribution in [2.45, 2.75) is 45.6 Å². The maximum absolute atomic E-state index is 14.0. The third kappa shape index (κ3) is 3.22. The third-order valence-corrected chi connectivity index (χ3v) is 3.57. The Labute approximate surface area is 109 Å². The Hall–Kier alpha value is -1.09. The molecule has 0 spiro atoms. The minimum Gasteiger partial charge on any atom is -0.496 e. The lowest BCUT2D eigenvalue weighted by Gasteiger charge is -2.29. The van der Waals surface area contributed by atoms with Crippen LogP contribution in [0.25, 0.3) is 0 Å². The Kier molecular flexibility index (Phi) is 5.15. The molecule has 1 atom stereocenters. The van der Waals surface area contributed by atoms with Crippen molar-refractivity contribution >= 4 is 0 Å². The second-order valence-electron chi connectivity index (χ2n) is 4.98. The van der Waals surface area contributed by atoms with Crippen LogP contribution in [0, 0.1) is 11.7 Å². The minimum absolute atomic E-state index is 0.263. The van der Waals surface area contributed by atoms with Crippen LogP contribution in [0.15, 0.2) is 18.2 Å². The van der Waals surface area contributed by atoms with Gasteiger partial charge in [0.1, 0.15) is 11.6 Å². The topological polar surface area (TPSA) is 29.5 Å². The minimum atomic E-state index is -1.20. The number of methoxy groups -OCH3 is 1. The first-order chi connectivity index (χ1) is 8.46. The molecule has 0 aliphatic heterocycles. The Bertz CT molecular complexity index is 384. The summed E-state index contributed by atoms with van der Waals surface area (Å²) < 4.78 is 19.1. The molecule has 1 rings (SSSR count). The van der Waals surface area contributed by atoms with E-state index in [-0.39, 0.29) is 5.56 Å². The SMILES string of the molecule is CCC(CC)CC(C)(O)c1c(F)cccc1OC. The summed E-state index contributed by atoms with van der Waals surface area (Å²) in [7, 11) is 1.49. The molecule has 0 amide bonds. The number of benzene rings is 1. The van der Waals surface area contributed by atoms with Crippen LogP contribution in [-0.4, -0.2) is 12.2 Å². The van der Waals surface area contributed by atoms with Crippen LogP contribution in [0.3, 0.4) is 0 Å². The molecule has 102 valence electrons. The van der Waals surface area contributed by atoms with E-state index in [0.29, 0.717) is 18.1 Å². The molecule has 3 heteroatoms. The quantitative estimate of drug-likeness (QED) is 0.835. The summed E-state index contributed by atoms with van der Waals surface area (Å²) in [5.41, 5.74) is -0.938. The van der Waals surface area contributed by atoms with Gasteiger partial charge in [0.2, 0.25) is 0 Å². The van der Waals surface area contributed by atoms with E-state index < -0.39 is 11.4 Å². The summed E-state index contributed by atoms with van der Waals surface area (Å²) in [6, 6.07) is 4.63. The zero-order valence-electron chi connectivity index (χ0n) is 11.7. The van der Waals surface area contributed by atoms with Crippen molar-refractivity contribution in [3.8, 4) is 5.75 Å². The van der Waals surface area contributed by atoms with E-state index in [1.807, 2.05) is 0 Å². The van der Waals surface area contributed by atoms with Crippen molar-refractivity contribution in [3.05, 3.63) is 29.6 Å². The highest BCUT2D eigenvalue weighted by molar-refractivity contribution is 5.38. The zero-order chi connectivity index (χ0) is 13.8. The van der Waals surface area contributed by atoms with Crippen molar-refractivity contribution < 1.29 is 14.2 Å². The maximum Gasteiger partial charge on any atom is 0.133 e. The molecule has 0 saturated carbocycles. The van der Waals surface area contributed by atoms with Crippen molar-refractivity contribution in [2.24, 2.45) is 5.92 Å². The maximum atomic E-state index is 14.0. The lowest BCUT2D eigenvalue weighted by atomic mass is 9.83. The van der Waals surface area contributed by atoms with Gasteiger partial charge in [0, 0.05) is 0 Å². The van der Waals surface area contributed by atoms with E-state index in [1.54, 1.807) is 19.1 Å². The molecule has 0 aliphatic rings. The van der Waals surface area contributed by atoms with Crippen LogP contribution < -0.4 is 4.74 Å². The second-order valence-corrected chi connectivity index (χ2v) is 4.98. The van der Waals surface area contributed by atoms with Gasteiger partial charge >= 0.3 is 0 Å². The first-order valence-electron chi connectivity index (χ1n) is 6.51.